The zero-order chi connectivity index (χ0) is 13.2. The number of rotatable bonds is 2. The number of benzene rings is 2. The molecule has 2 nitrogen and oxygen atoms in total. The van der Waals surface area contributed by atoms with Gasteiger partial charge in [0.25, 0.3) is 0 Å². The van der Waals surface area contributed by atoms with E-state index in [4.69, 9.17) is 4.74 Å². The standard InChI is InChI=1S/C17H15NO/c1-3-13(4-2)18-14-9-5-7-11-16(14)19-17-12-8-6-10-15(17)18/h3-12H,1H2,2H3/b13-4+. The first-order valence-electron chi connectivity index (χ1n) is 6.30. The Balaban J connectivity index is 2.25. The van der Waals surface area contributed by atoms with Crippen molar-refractivity contribution in [2.75, 3.05) is 4.90 Å². The van der Waals surface area contributed by atoms with Crippen LogP contribution in [0.15, 0.2) is 73.0 Å². The number of nitrogens with zero attached hydrogens (tertiary/aromatic N) is 1. The van der Waals surface area contributed by atoms with Crippen molar-refractivity contribution >= 4 is 11.4 Å². The van der Waals surface area contributed by atoms with Gasteiger partial charge >= 0.3 is 0 Å². The van der Waals surface area contributed by atoms with Gasteiger partial charge in [0.2, 0.25) is 0 Å². The highest BCUT2D eigenvalue weighted by Crippen LogP contribution is 2.48. The molecule has 2 heteroatoms. The number of ether oxygens (including phenoxy) is 1. The molecule has 0 radical (unpaired) electrons. The zero-order valence-corrected chi connectivity index (χ0v) is 10.8. The van der Waals surface area contributed by atoms with Gasteiger partial charge in [0.05, 0.1) is 11.4 Å². The molecule has 0 bridgehead atoms. The molecule has 0 spiro atoms. The minimum atomic E-state index is 0.863. The summed E-state index contributed by atoms with van der Waals surface area (Å²) in [5.74, 6) is 1.73. The van der Waals surface area contributed by atoms with E-state index < -0.39 is 0 Å². The van der Waals surface area contributed by atoms with E-state index in [1.165, 1.54) is 0 Å². The Bertz CT molecular complexity index is 612. The zero-order valence-electron chi connectivity index (χ0n) is 10.8. The Hall–Kier alpha value is -2.48. The Labute approximate surface area is 113 Å². The van der Waals surface area contributed by atoms with Crippen molar-refractivity contribution in [3.05, 3.63) is 73.0 Å². The minimum absolute atomic E-state index is 0.863. The van der Waals surface area contributed by atoms with Crippen molar-refractivity contribution in [3.63, 3.8) is 0 Å². The van der Waals surface area contributed by atoms with E-state index in [9.17, 15) is 0 Å². The lowest BCUT2D eigenvalue weighted by molar-refractivity contribution is 0.476. The van der Waals surface area contributed by atoms with Gasteiger partial charge in [-0.25, -0.2) is 0 Å². The summed E-state index contributed by atoms with van der Waals surface area (Å²) in [4.78, 5) is 2.17. The SMILES string of the molecule is C=C/C(=C\C)N1c2ccccc2Oc2ccccc21. The third-order valence-electron chi connectivity index (χ3n) is 3.20. The van der Waals surface area contributed by atoms with E-state index in [1.807, 2.05) is 55.5 Å². The Kier molecular flexibility index (Phi) is 2.84. The molecule has 0 saturated heterocycles. The molecule has 19 heavy (non-hydrogen) atoms. The molecule has 0 N–H and O–H groups in total. The summed E-state index contributed by atoms with van der Waals surface area (Å²) < 4.78 is 5.94. The first kappa shape index (κ1) is 11.6. The highest BCUT2D eigenvalue weighted by Gasteiger charge is 2.24. The maximum atomic E-state index is 5.94. The molecule has 2 aromatic carbocycles. The van der Waals surface area contributed by atoms with Crippen LogP contribution in [0.25, 0.3) is 0 Å². The van der Waals surface area contributed by atoms with Crippen LogP contribution in [-0.4, -0.2) is 0 Å². The van der Waals surface area contributed by atoms with E-state index in [1.54, 1.807) is 0 Å². The summed E-state index contributed by atoms with van der Waals surface area (Å²) in [6.07, 6.45) is 3.91. The fraction of sp³-hybridized carbons (Fsp3) is 0.0588. The highest BCUT2D eigenvalue weighted by molar-refractivity contribution is 5.81. The van der Waals surface area contributed by atoms with Gasteiger partial charge in [0.1, 0.15) is 0 Å². The summed E-state index contributed by atoms with van der Waals surface area (Å²) in [5, 5.41) is 0. The summed E-state index contributed by atoms with van der Waals surface area (Å²) >= 11 is 0. The van der Waals surface area contributed by atoms with Gasteiger partial charge in [-0.15, -0.1) is 0 Å². The van der Waals surface area contributed by atoms with Crippen LogP contribution >= 0.6 is 0 Å². The van der Waals surface area contributed by atoms with Crippen LogP contribution in [-0.2, 0) is 0 Å². The molecule has 0 unspecified atom stereocenters. The molecule has 0 amide bonds. The number of anilines is 2. The highest BCUT2D eigenvalue weighted by atomic mass is 16.5. The molecule has 1 aliphatic rings. The molecule has 3 rings (SSSR count). The fourth-order valence-electron chi connectivity index (χ4n) is 2.32. The van der Waals surface area contributed by atoms with Crippen molar-refractivity contribution in [3.8, 4) is 11.5 Å². The lowest BCUT2D eigenvalue weighted by atomic mass is 10.1. The number of para-hydroxylation sites is 4. The molecule has 0 aliphatic carbocycles. The Morgan fingerprint density at radius 3 is 2.00 bits per heavy atom. The van der Waals surface area contributed by atoms with Crippen LogP contribution in [0.1, 0.15) is 6.92 Å². The van der Waals surface area contributed by atoms with Gasteiger partial charge in [0, 0.05) is 5.70 Å². The monoisotopic (exact) mass is 249 g/mol. The van der Waals surface area contributed by atoms with Crippen molar-refractivity contribution in [1.82, 2.24) is 0 Å². The van der Waals surface area contributed by atoms with Gasteiger partial charge < -0.3 is 9.64 Å². The number of fused-ring (bicyclic) bond motifs is 2. The van der Waals surface area contributed by atoms with Crippen LogP contribution < -0.4 is 9.64 Å². The molecular formula is C17H15NO. The third-order valence-corrected chi connectivity index (χ3v) is 3.20. The maximum absolute atomic E-state index is 5.94. The van der Waals surface area contributed by atoms with Gasteiger partial charge in [-0.3, -0.25) is 0 Å². The fourth-order valence-corrected chi connectivity index (χ4v) is 2.32. The van der Waals surface area contributed by atoms with Crippen molar-refractivity contribution < 1.29 is 4.74 Å². The molecular weight excluding hydrogens is 234 g/mol. The smallest absolute Gasteiger partial charge is 0.151 e. The first-order chi connectivity index (χ1) is 9.35. The second-order valence-electron chi connectivity index (χ2n) is 4.29. The molecule has 1 heterocycles. The van der Waals surface area contributed by atoms with Crippen LogP contribution in [0.2, 0.25) is 0 Å². The topological polar surface area (TPSA) is 12.5 Å². The molecule has 0 aromatic heterocycles. The largest absolute Gasteiger partial charge is 0.453 e. The molecule has 0 fully saturated rings. The average molecular weight is 249 g/mol. The quantitative estimate of drug-likeness (QED) is 0.693. The lowest BCUT2D eigenvalue weighted by Gasteiger charge is -2.33. The van der Waals surface area contributed by atoms with Crippen LogP contribution in [0.4, 0.5) is 11.4 Å². The second kappa shape index (κ2) is 4.65. The van der Waals surface area contributed by atoms with Crippen molar-refractivity contribution in [1.29, 1.82) is 0 Å². The number of hydrogen-bond acceptors (Lipinski definition) is 2. The van der Waals surface area contributed by atoms with Crippen LogP contribution in [0.3, 0.4) is 0 Å². The van der Waals surface area contributed by atoms with Gasteiger partial charge in [0.15, 0.2) is 11.5 Å². The predicted octanol–water partition coefficient (Wildman–Crippen LogP) is 5.02. The van der Waals surface area contributed by atoms with Gasteiger partial charge in [-0.05, 0) is 37.3 Å². The molecule has 0 atom stereocenters. The summed E-state index contributed by atoms with van der Waals surface area (Å²) in [6, 6.07) is 16.1. The van der Waals surface area contributed by atoms with E-state index in [0.717, 1.165) is 28.6 Å². The molecule has 94 valence electrons. The summed E-state index contributed by atoms with van der Waals surface area (Å²) in [7, 11) is 0. The summed E-state index contributed by atoms with van der Waals surface area (Å²) in [6.45, 7) is 5.91. The Morgan fingerprint density at radius 1 is 1.00 bits per heavy atom. The predicted molar refractivity (Wildman–Crippen MR) is 79.1 cm³/mol. The number of hydrogen-bond donors (Lipinski definition) is 0. The maximum Gasteiger partial charge on any atom is 0.151 e. The van der Waals surface area contributed by atoms with Crippen LogP contribution in [0.5, 0.6) is 11.5 Å². The minimum Gasteiger partial charge on any atom is -0.453 e. The van der Waals surface area contributed by atoms with E-state index in [2.05, 4.69) is 23.6 Å². The second-order valence-corrected chi connectivity index (χ2v) is 4.29. The van der Waals surface area contributed by atoms with Gasteiger partial charge in [-0.2, -0.15) is 0 Å². The Morgan fingerprint density at radius 2 is 1.53 bits per heavy atom. The van der Waals surface area contributed by atoms with E-state index in [0.29, 0.717) is 0 Å². The summed E-state index contributed by atoms with van der Waals surface area (Å²) in [5.41, 5.74) is 3.12. The van der Waals surface area contributed by atoms with E-state index in [-0.39, 0.29) is 0 Å². The van der Waals surface area contributed by atoms with Crippen LogP contribution in [0, 0.1) is 0 Å². The molecule has 1 aliphatic heterocycles. The van der Waals surface area contributed by atoms with Crippen molar-refractivity contribution in [2.45, 2.75) is 6.92 Å². The number of allylic oxidation sites excluding steroid dienone is 2. The lowest BCUT2D eigenvalue weighted by Crippen LogP contribution is -2.19. The average Bonchev–Trinajstić information content (AvgIpc) is 2.47. The third kappa shape index (κ3) is 1.82. The normalized spacial score (nSPS) is 13.3. The van der Waals surface area contributed by atoms with E-state index >= 15 is 0 Å². The van der Waals surface area contributed by atoms with Gasteiger partial charge in [-0.1, -0.05) is 36.9 Å². The first-order valence-corrected chi connectivity index (χ1v) is 6.30. The molecule has 2 aromatic rings. The van der Waals surface area contributed by atoms with Crippen molar-refractivity contribution in [2.24, 2.45) is 0 Å². The molecule has 0 saturated carbocycles.